The van der Waals surface area contributed by atoms with Gasteiger partial charge in [0.05, 0.1) is 18.8 Å². The van der Waals surface area contributed by atoms with Crippen LogP contribution in [0.3, 0.4) is 0 Å². The van der Waals surface area contributed by atoms with E-state index in [9.17, 15) is 4.79 Å². The van der Waals surface area contributed by atoms with E-state index >= 15 is 0 Å². The van der Waals surface area contributed by atoms with Crippen LogP contribution in [0.15, 0.2) is 34.7 Å². The minimum absolute atomic E-state index is 0.0590. The van der Waals surface area contributed by atoms with Crippen molar-refractivity contribution in [1.29, 1.82) is 0 Å². The smallest absolute Gasteiger partial charge is 0.246 e. The number of carbonyl (C=O) groups is 1. The van der Waals surface area contributed by atoms with Crippen molar-refractivity contribution in [2.45, 2.75) is 37.8 Å². The number of fused-ring (bicyclic) bond motifs is 1. The molecule has 1 aliphatic heterocycles. The van der Waals surface area contributed by atoms with Gasteiger partial charge < -0.3 is 19.2 Å². The highest BCUT2D eigenvalue weighted by Gasteiger charge is 2.35. The predicted octanol–water partition coefficient (Wildman–Crippen LogP) is 3.20. The lowest BCUT2D eigenvalue weighted by molar-refractivity contribution is -0.127. The van der Waals surface area contributed by atoms with Crippen molar-refractivity contribution in [2.75, 3.05) is 19.8 Å². The number of carbonyl (C=O) groups excluding carboxylic acids is 1. The molecule has 1 aromatic heterocycles. The Hall–Kier alpha value is -1.85. The van der Waals surface area contributed by atoms with Crippen LogP contribution in [0.25, 0.3) is 11.0 Å². The van der Waals surface area contributed by atoms with Gasteiger partial charge in [0, 0.05) is 12.0 Å². The molecule has 1 amide bonds. The highest BCUT2D eigenvalue weighted by molar-refractivity contribution is 5.79. The van der Waals surface area contributed by atoms with Crippen LogP contribution in [0, 0.1) is 5.92 Å². The van der Waals surface area contributed by atoms with Crippen molar-refractivity contribution in [2.24, 2.45) is 5.92 Å². The van der Waals surface area contributed by atoms with Crippen LogP contribution in [-0.2, 0) is 14.3 Å². The summed E-state index contributed by atoms with van der Waals surface area (Å²) >= 11 is 0. The zero-order chi connectivity index (χ0) is 16.4. The first-order valence-electron chi connectivity index (χ1n) is 8.77. The molecule has 2 aliphatic rings. The molecule has 2 heterocycles. The minimum atomic E-state index is -0.0923. The van der Waals surface area contributed by atoms with Gasteiger partial charge in [-0.2, -0.15) is 0 Å². The molecule has 0 radical (unpaired) electrons. The van der Waals surface area contributed by atoms with E-state index in [1.165, 1.54) is 0 Å². The van der Waals surface area contributed by atoms with E-state index in [0.717, 1.165) is 49.0 Å². The molecule has 24 heavy (non-hydrogen) atoms. The fourth-order valence-corrected chi connectivity index (χ4v) is 3.28. The Morgan fingerprint density at radius 1 is 1.29 bits per heavy atom. The molecule has 4 rings (SSSR count). The van der Waals surface area contributed by atoms with Crippen LogP contribution in [0.4, 0.5) is 0 Å². The zero-order valence-electron chi connectivity index (χ0n) is 13.7. The zero-order valence-corrected chi connectivity index (χ0v) is 13.7. The fourth-order valence-electron chi connectivity index (χ4n) is 3.28. The van der Waals surface area contributed by atoms with E-state index in [1.807, 2.05) is 30.3 Å². The SMILES string of the molecule is O=C(COC[C@@H]1CCCO1)N[C@H](c1cc2ccccc2o1)C1CC1. The van der Waals surface area contributed by atoms with E-state index in [-0.39, 0.29) is 24.7 Å². The Morgan fingerprint density at radius 2 is 2.17 bits per heavy atom. The van der Waals surface area contributed by atoms with Gasteiger partial charge in [-0.15, -0.1) is 0 Å². The maximum absolute atomic E-state index is 12.2. The van der Waals surface area contributed by atoms with E-state index < -0.39 is 0 Å². The van der Waals surface area contributed by atoms with Crippen LogP contribution < -0.4 is 5.32 Å². The average molecular weight is 329 g/mol. The molecule has 5 heteroatoms. The van der Waals surface area contributed by atoms with E-state index in [0.29, 0.717) is 12.5 Å². The first-order valence-corrected chi connectivity index (χ1v) is 8.77. The van der Waals surface area contributed by atoms with Crippen molar-refractivity contribution in [3.8, 4) is 0 Å². The number of rotatable bonds is 7. The molecule has 128 valence electrons. The summed E-state index contributed by atoms with van der Waals surface area (Å²) in [7, 11) is 0. The van der Waals surface area contributed by atoms with Gasteiger partial charge in [-0.1, -0.05) is 18.2 Å². The summed E-state index contributed by atoms with van der Waals surface area (Å²) in [6, 6.07) is 9.90. The van der Waals surface area contributed by atoms with Gasteiger partial charge in [-0.3, -0.25) is 4.79 Å². The lowest BCUT2D eigenvalue weighted by Gasteiger charge is -2.16. The van der Waals surface area contributed by atoms with Crippen molar-refractivity contribution < 1.29 is 18.7 Å². The van der Waals surface area contributed by atoms with Gasteiger partial charge >= 0.3 is 0 Å². The Morgan fingerprint density at radius 3 is 2.92 bits per heavy atom. The molecule has 2 aromatic rings. The monoisotopic (exact) mass is 329 g/mol. The second-order valence-corrected chi connectivity index (χ2v) is 6.72. The highest BCUT2D eigenvalue weighted by Crippen LogP contribution is 2.42. The van der Waals surface area contributed by atoms with E-state index in [1.54, 1.807) is 0 Å². The molecule has 2 atom stereocenters. The molecule has 1 aromatic carbocycles. The van der Waals surface area contributed by atoms with Crippen molar-refractivity contribution >= 4 is 16.9 Å². The van der Waals surface area contributed by atoms with Gasteiger partial charge in [0.15, 0.2) is 0 Å². The number of nitrogens with one attached hydrogen (secondary N) is 1. The number of benzene rings is 1. The maximum atomic E-state index is 12.2. The third-order valence-corrected chi connectivity index (χ3v) is 4.72. The van der Waals surface area contributed by atoms with Gasteiger partial charge in [0.1, 0.15) is 18.0 Å². The lowest BCUT2D eigenvalue weighted by atomic mass is 10.1. The van der Waals surface area contributed by atoms with E-state index in [2.05, 4.69) is 5.32 Å². The first-order chi connectivity index (χ1) is 11.8. The molecule has 0 bridgehead atoms. The quantitative estimate of drug-likeness (QED) is 0.847. The Kier molecular flexibility index (Phi) is 4.54. The maximum Gasteiger partial charge on any atom is 0.246 e. The molecular formula is C19H23NO4. The van der Waals surface area contributed by atoms with E-state index in [4.69, 9.17) is 13.9 Å². The second kappa shape index (κ2) is 6.95. The molecule has 0 unspecified atom stereocenters. The summed E-state index contributed by atoms with van der Waals surface area (Å²) < 4.78 is 16.9. The van der Waals surface area contributed by atoms with Gasteiger partial charge in [0.2, 0.25) is 5.91 Å². The lowest BCUT2D eigenvalue weighted by Crippen LogP contribution is -2.33. The van der Waals surface area contributed by atoms with Crippen molar-refractivity contribution in [1.82, 2.24) is 5.32 Å². The number of furan rings is 1. The molecular weight excluding hydrogens is 306 g/mol. The average Bonchev–Trinajstić information content (AvgIpc) is 3.12. The van der Waals surface area contributed by atoms with Gasteiger partial charge in [0.25, 0.3) is 0 Å². The predicted molar refractivity (Wildman–Crippen MR) is 89.6 cm³/mol. The molecule has 1 saturated carbocycles. The normalized spacial score (nSPS) is 21.9. The van der Waals surface area contributed by atoms with Crippen LogP contribution in [-0.4, -0.2) is 31.8 Å². The van der Waals surface area contributed by atoms with Crippen LogP contribution in [0.2, 0.25) is 0 Å². The largest absolute Gasteiger partial charge is 0.459 e. The topological polar surface area (TPSA) is 60.7 Å². The summed E-state index contributed by atoms with van der Waals surface area (Å²) in [5.74, 6) is 1.21. The molecule has 5 nitrogen and oxygen atoms in total. The van der Waals surface area contributed by atoms with Crippen LogP contribution >= 0.6 is 0 Å². The van der Waals surface area contributed by atoms with Gasteiger partial charge in [-0.05, 0) is 43.7 Å². The molecule has 1 saturated heterocycles. The molecule has 1 N–H and O–H groups in total. The Bertz CT molecular complexity index is 667. The summed E-state index contributed by atoms with van der Waals surface area (Å²) in [6.07, 6.45) is 4.49. The Labute approximate surface area is 141 Å². The summed E-state index contributed by atoms with van der Waals surface area (Å²) in [5, 5.41) is 4.15. The standard InChI is InChI=1S/C19H23NO4/c21-18(12-22-11-15-5-3-9-23-15)20-19(13-7-8-13)17-10-14-4-1-2-6-16(14)24-17/h1-2,4,6,10,13,15,19H,3,5,7-9,11-12H2,(H,20,21)/t15-,19-/m0/s1. The summed E-state index contributed by atoms with van der Waals surface area (Å²) in [6.45, 7) is 1.37. The molecule has 0 spiro atoms. The number of ether oxygens (including phenoxy) is 2. The van der Waals surface area contributed by atoms with Crippen LogP contribution in [0.5, 0.6) is 0 Å². The fraction of sp³-hybridized carbons (Fsp3) is 0.526. The van der Waals surface area contributed by atoms with Crippen molar-refractivity contribution in [3.05, 3.63) is 36.1 Å². The number of para-hydroxylation sites is 1. The molecule has 2 fully saturated rings. The Balaban J connectivity index is 1.35. The third-order valence-electron chi connectivity index (χ3n) is 4.72. The van der Waals surface area contributed by atoms with Crippen molar-refractivity contribution in [3.63, 3.8) is 0 Å². The summed E-state index contributed by atoms with van der Waals surface area (Å²) in [5.41, 5.74) is 0.863. The molecule has 1 aliphatic carbocycles. The minimum Gasteiger partial charge on any atom is -0.459 e. The second-order valence-electron chi connectivity index (χ2n) is 6.72. The van der Waals surface area contributed by atoms with Crippen LogP contribution in [0.1, 0.15) is 37.5 Å². The third kappa shape index (κ3) is 3.62. The highest BCUT2D eigenvalue weighted by atomic mass is 16.5. The summed E-state index contributed by atoms with van der Waals surface area (Å²) in [4.78, 5) is 12.2. The van der Waals surface area contributed by atoms with Gasteiger partial charge in [-0.25, -0.2) is 0 Å². The number of amides is 1. The first kappa shape index (κ1) is 15.7. The number of hydrogen-bond donors (Lipinski definition) is 1. The number of hydrogen-bond acceptors (Lipinski definition) is 4.